The Morgan fingerprint density at radius 2 is 1.58 bits per heavy atom. The first-order chi connectivity index (χ1) is 15.2. The summed E-state index contributed by atoms with van der Waals surface area (Å²) in [5, 5.41) is 2.59. The maximum Gasteiger partial charge on any atom is 0.235 e. The lowest BCUT2D eigenvalue weighted by atomic mass is 10.1. The maximum absolute atomic E-state index is 12.9. The molecule has 0 spiro atoms. The molecule has 5 heteroatoms. The molecule has 5 aromatic rings. The zero-order valence-electron chi connectivity index (χ0n) is 16.4. The predicted octanol–water partition coefficient (Wildman–Crippen LogP) is 7.08. The normalized spacial score (nSPS) is 11.0. The van der Waals surface area contributed by atoms with Crippen LogP contribution in [-0.2, 0) is 6.61 Å². The first kappa shape index (κ1) is 19.4. The zero-order chi connectivity index (χ0) is 21.2. The lowest BCUT2D eigenvalue weighted by Gasteiger charge is -2.09. The molecule has 0 aliphatic heterocycles. The smallest absolute Gasteiger partial charge is 0.235 e. The Morgan fingerprint density at radius 3 is 2.42 bits per heavy atom. The molecule has 1 aromatic heterocycles. The molecule has 31 heavy (non-hydrogen) atoms. The molecular formula is C26H17BrO4. The Labute approximate surface area is 186 Å². The lowest BCUT2D eigenvalue weighted by molar-refractivity contribution is 0.306. The van der Waals surface area contributed by atoms with Gasteiger partial charge in [-0.25, -0.2) is 0 Å². The van der Waals surface area contributed by atoms with Crippen LogP contribution in [0.25, 0.3) is 21.7 Å². The van der Waals surface area contributed by atoms with Crippen molar-refractivity contribution in [1.29, 1.82) is 0 Å². The SMILES string of the molecule is O=c1c(Oc2ccc3ccccc3c2)coc2cc(OCc3ccc(Br)cc3)ccc12. The van der Waals surface area contributed by atoms with Gasteiger partial charge in [0.15, 0.2) is 0 Å². The highest BCUT2D eigenvalue weighted by Gasteiger charge is 2.11. The van der Waals surface area contributed by atoms with E-state index >= 15 is 0 Å². The van der Waals surface area contributed by atoms with Gasteiger partial charge in [0.25, 0.3) is 0 Å². The number of hydrogen-bond acceptors (Lipinski definition) is 4. The van der Waals surface area contributed by atoms with E-state index in [9.17, 15) is 4.79 Å². The highest BCUT2D eigenvalue weighted by Crippen LogP contribution is 2.27. The molecule has 0 atom stereocenters. The van der Waals surface area contributed by atoms with Gasteiger partial charge in [0, 0.05) is 10.5 Å². The van der Waals surface area contributed by atoms with Crippen LogP contribution >= 0.6 is 15.9 Å². The molecule has 0 saturated carbocycles. The third kappa shape index (κ3) is 4.18. The van der Waals surface area contributed by atoms with Crippen LogP contribution in [0.2, 0.25) is 0 Å². The largest absolute Gasteiger partial charge is 0.489 e. The van der Waals surface area contributed by atoms with Crippen molar-refractivity contribution in [3.63, 3.8) is 0 Å². The number of rotatable bonds is 5. The van der Waals surface area contributed by atoms with Gasteiger partial charge in [-0.05, 0) is 52.7 Å². The van der Waals surface area contributed by atoms with Crippen molar-refractivity contribution in [3.05, 3.63) is 111 Å². The Hall–Kier alpha value is -3.57. The van der Waals surface area contributed by atoms with Crippen LogP contribution < -0.4 is 14.9 Å². The van der Waals surface area contributed by atoms with Gasteiger partial charge < -0.3 is 13.9 Å². The summed E-state index contributed by atoms with van der Waals surface area (Å²) < 4.78 is 18.4. The first-order valence-corrected chi connectivity index (χ1v) is 10.5. The van der Waals surface area contributed by atoms with Gasteiger partial charge in [-0.1, -0.05) is 58.4 Å². The fourth-order valence-electron chi connectivity index (χ4n) is 3.36. The second-order valence-electron chi connectivity index (χ2n) is 7.11. The van der Waals surface area contributed by atoms with Crippen LogP contribution in [0.5, 0.6) is 17.2 Å². The second-order valence-corrected chi connectivity index (χ2v) is 8.03. The van der Waals surface area contributed by atoms with Gasteiger partial charge in [0.05, 0.1) is 5.39 Å². The molecular weight excluding hydrogens is 456 g/mol. The number of halogens is 1. The maximum atomic E-state index is 12.9. The van der Waals surface area contributed by atoms with Crippen molar-refractivity contribution < 1.29 is 13.9 Å². The van der Waals surface area contributed by atoms with E-state index in [1.165, 1.54) is 6.26 Å². The average molecular weight is 473 g/mol. The molecule has 4 nitrogen and oxygen atoms in total. The van der Waals surface area contributed by atoms with Crippen molar-refractivity contribution in [2.75, 3.05) is 0 Å². The standard InChI is InChI=1S/C26H17BrO4/c27-20-8-5-17(6-9-20)15-29-21-11-12-23-24(14-21)30-16-25(26(23)28)31-22-10-7-18-3-1-2-4-19(18)13-22/h1-14,16H,15H2. The summed E-state index contributed by atoms with van der Waals surface area (Å²) in [7, 11) is 0. The quantitative estimate of drug-likeness (QED) is 0.274. The van der Waals surface area contributed by atoms with Crippen molar-refractivity contribution >= 4 is 37.7 Å². The van der Waals surface area contributed by atoms with Gasteiger partial charge in [-0.2, -0.15) is 0 Å². The van der Waals surface area contributed by atoms with Gasteiger partial charge >= 0.3 is 0 Å². The van der Waals surface area contributed by atoms with Crippen LogP contribution in [0.3, 0.4) is 0 Å². The van der Waals surface area contributed by atoms with E-state index in [0.717, 1.165) is 20.8 Å². The van der Waals surface area contributed by atoms with Crippen LogP contribution in [0, 0.1) is 0 Å². The van der Waals surface area contributed by atoms with E-state index in [1.54, 1.807) is 18.2 Å². The molecule has 0 radical (unpaired) electrons. The molecule has 0 bridgehead atoms. The van der Waals surface area contributed by atoms with E-state index in [1.807, 2.05) is 66.7 Å². The fourth-order valence-corrected chi connectivity index (χ4v) is 3.62. The van der Waals surface area contributed by atoms with E-state index in [0.29, 0.717) is 29.1 Å². The van der Waals surface area contributed by atoms with E-state index in [-0.39, 0.29) is 11.2 Å². The van der Waals surface area contributed by atoms with Crippen LogP contribution in [-0.4, -0.2) is 0 Å². The molecule has 0 N–H and O–H groups in total. The monoisotopic (exact) mass is 472 g/mol. The number of ether oxygens (including phenoxy) is 2. The van der Waals surface area contributed by atoms with E-state index < -0.39 is 0 Å². The van der Waals surface area contributed by atoms with Crippen molar-refractivity contribution in [2.45, 2.75) is 6.61 Å². The van der Waals surface area contributed by atoms with Gasteiger partial charge in [-0.3, -0.25) is 4.79 Å². The molecule has 0 aliphatic rings. The number of hydrogen-bond donors (Lipinski definition) is 0. The van der Waals surface area contributed by atoms with Gasteiger partial charge in [0.2, 0.25) is 11.2 Å². The Kier molecular flexibility index (Phi) is 5.18. The lowest BCUT2D eigenvalue weighted by Crippen LogP contribution is -2.05. The Morgan fingerprint density at radius 1 is 0.806 bits per heavy atom. The summed E-state index contributed by atoms with van der Waals surface area (Å²) in [5.74, 6) is 1.35. The molecule has 0 aliphatic carbocycles. The minimum Gasteiger partial charge on any atom is -0.489 e. The van der Waals surface area contributed by atoms with Gasteiger partial charge in [0.1, 0.15) is 30.0 Å². The highest BCUT2D eigenvalue weighted by molar-refractivity contribution is 9.10. The molecule has 152 valence electrons. The van der Waals surface area contributed by atoms with E-state index in [4.69, 9.17) is 13.9 Å². The fraction of sp³-hybridized carbons (Fsp3) is 0.0385. The predicted molar refractivity (Wildman–Crippen MR) is 125 cm³/mol. The number of fused-ring (bicyclic) bond motifs is 2. The van der Waals surface area contributed by atoms with E-state index in [2.05, 4.69) is 15.9 Å². The summed E-state index contributed by atoms with van der Waals surface area (Å²) in [6, 6.07) is 26.8. The molecule has 4 aromatic carbocycles. The first-order valence-electron chi connectivity index (χ1n) is 9.75. The Bertz CT molecular complexity index is 1440. The summed E-state index contributed by atoms with van der Waals surface area (Å²) in [5.41, 5.74) is 1.27. The minimum atomic E-state index is -0.228. The third-order valence-corrected chi connectivity index (χ3v) is 5.51. The second kappa shape index (κ2) is 8.28. The van der Waals surface area contributed by atoms with Crippen LogP contribution in [0.4, 0.5) is 0 Å². The average Bonchev–Trinajstić information content (AvgIpc) is 2.80. The summed E-state index contributed by atoms with van der Waals surface area (Å²) in [6.45, 7) is 0.423. The molecule has 0 saturated heterocycles. The molecule has 0 unspecified atom stereocenters. The van der Waals surface area contributed by atoms with Crippen LogP contribution in [0.15, 0.2) is 105 Å². The van der Waals surface area contributed by atoms with Crippen LogP contribution in [0.1, 0.15) is 5.56 Å². The highest BCUT2D eigenvalue weighted by atomic mass is 79.9. The summed E-state index contributed by atoms with van der Waals surface area (Å²) >= 11 is 3.42. The third-order valence-electron chi connectivity index (χ3n) is 4.98. The summed E-state index contributed by atoms with van der Waals surface area (Å²) in [6.07, 6.45) is 1.35. The van der Waals surface area contributed by atoms with Crippen molar-refractivity contribution in [2.24, 2.45) is 0 Å². The Balaban J connectivity index is 1.38. The van der Waals surface area contributed by atoms with Gasteiger partial charge in [-0.15, -0.1) is 0 Å². The molecule has 1 heterocycles. The molecule has 5 rings (SSSR count). The molecule has 0 fully saturated rings. The van der Waals surface area contributed by atoms with Crippen molar-refractivity contribution in [3.8, 4) is 17.2 Å². The van der Waals surface area contributed by atoms with Crippen molar-refractivity contribution in [1.82, 2.24) is 0 Å². The molecule has 0 amide bonds. The number of benzene rings is 4. The topological polar surface area (TPSA) is 48.7 Å². The minimum absolute atomic E-state index is 0.145. The zero-order valence-corrected chi connectivity index (χ0v) is 18.0. The summed E-state index contributed by atoms with van der Waals surface area (Å²) in [4.78, 5) is 12.9.